The molecule has 1 aliphatic rings. The molecule has 5 rings (SSSR count). The number of amides is 1. The summed E-state index contributed by atoms with van der Waals surface area (Å²) in [4.78, 5) is 21.8. The number of anilines is 1. The molecule has 9 heteroatoms. The number of para-hydroxylation sites is 1. The van der Waals surface area contributed by atoms with Gasteiger partial charge in [-0.3, -0.25) is 4.79 Å². The molecular weight excluding hydrogens is 386 g/mol. The molecule has 0 bridgehead atoms. The molecule has 1 saturated carbocycles. The summed E-state index contributed by atoms with van der Waals surface area (Å²) in [7, 11) is 0. The summed E-state index contributed by atoms with van der Waals surface area (Å²) in [6.07, 6.45) is 6.41. The van der Waals surface area contributed by atoms with Gasteiger partial charge < -0.3 is 5.32 Å². The van der Waals surface area contributed by atoms with E-state index in [1.54, 1.807) is 10.7 Å². The fourth-order valence-corrected chi connectivity index (χ4v) is 4.63. The van der Waals surface area contributed by atoms with E-state index >= 15 is 0 Å². The van der Waals surface area contributed by atoms with Crippen molar-refractivity contribution in [1.82, 2.24) is 29.4 Å². The number of hydrogen-bond acceptors (Lipinski definition) is 6. The minimum atomic E-state index is -0.0882. The summed E-state index contributed by atoms with van der Waals surface area (Å²) in [5, 5.41) is 13.5. The second kappa shape index (κ2) is 7.47. The summed E-state index contributed by atoms with van der Waals surface area (Å²) in [5.41, 5.74) is 1.60. The largest absolute Gasteiger partial charge is 0.310 e. The molecule has 0 spiro atoms. The zero-order valence-electron chi connectivity index (χ0n) is 16.1. The van der Waals surface area contributed by atoms with Gasteiger partial charge in [0.1, 0.15) is 11.6 Å². The van der Waals surface area contributed by atoms with Gasteiger partial charge in [-0.05, 0) is 31.9 Å². The molecule has 3 aromatic heterocycles. The van der Waals surface area contributed by atoms with Crippen molar-refractivity contribution in [2.45, 2.75) is 43.8 Å². The topological polar surface area (TPSA) is 90.0 Å². The number of benzene rings is 1. The molecule has 3 heterocycles. The van der Waals surface area contributed by atoms with E-state index in [4.69, 9.17) is 4.98 Å². The summed E-state index contributed by atoms with van der Waals surface area (Å²) < 4.78 is 3.67. The lowest BCUT2D eigenvalue weighted by molar-refractivity contribution is -0.113. The second-order valence-electron chi connectivity index (χ2n) is 7.24. The van der Waals surface area contributed by atoms with E-state index in [0.717, 1.165) is 35.2 Å². The van der Waals surface area contributed by atoms with Crippen LogP contribution in [0.25, 0.3) is 16.6 Å². The van der Waals surface area contributed by atoms with Crippen molar-refractivity contribution in [1.29, 1.82) is 0 Å². The molecule has 0 aliphatic heterocycles. The van der Waals surface area contributed by atoms with E-state index in [1.807, 2.05) is 41.9 Å². The normalized spacial score (nSPS) is 14.8. The Morgan fingerprint density at radius 1 is 1.21 bits per heavy atom. The van der Waals surface area contributed by atoms with Gasteiger partial charge in [0.25, 0.3) is 0 Å². The fraction of sp³-hybridized carbons (Fsp3) is 0.350. The Labute approximate surface area is 171 Å². The smallest absolute Gasteiger partial charge is 0.235 e. The van der Waals surface area contributed by atoms with Gasteiger partial charge in [0.2, 0.25) is 5.91 Å². The zero-order valence-corrected chi connectivity index (χ0v) is 16.9. The Morgan fingerprint density at radius 3 is 2.90 bits per heavy atom. The van der Waals surface area contributed by atoms with Gasteiger partial charge in [0.05, 0.1) is 23.5 Å². The van der Waals surface area contributed by atoms with Gasteiger partial charge in [-0.25, -0.2) is 14.6 Å². The van der Waals surface area contributed by atoms with Crippen molar-refractivity contribution in [2.24, 2.45) is 0 Å². The van der Waals surface area contributed by atoms with Crippen molar-refractivity contribution in [3.05, 3.63) is 42.4 Å². The molecule has 1 amide bonds. The maximum absolute atomic E-state index is 12.6. The molecular formula is C20H21N7OS. The number of nitrogens with zero attached hydrogens (tertiary/aromatic N) is 6. The fourth-order valence-electron chi connectivity index (χ4n) is 3.89. The lowest BCUT2D eigenvalue weighted by Gasteiger charge is -2.14. The van der Waals surface area contributed by atoms with Crippen molar-refractivity contribution in [3.8, 4) is 0 Å². The van der Waals surface area contributed by atoms with E-state index < -0.39 is 0 Å². The van der Waals surface area contributed by atoms with Crippen LogP contribution in [0, 0.1) is 6.92 Å². The number of thioether (sulfide) groups is 1. The Balaban J connectivity index is 1.35. The zero-order chi connectivity index (χ0) is 19.8. The summed E-state index contributed by atoms with van der Waals surface area (Å²) >= 11 is 1.35. The molecule has 1 aromatic carbocycles. The number of carbonyl (C=O) groups excluding carboxylic acids is 1. The SMILES string of the molecule is Cc1nc2c3ccccc3nc(SCC(=O)Nc3ccnn3C3CCCC3)n2n1. The lowest BCUT2D eigenvalue weighted by Crippen LogP contribution is -2.19. The Hall–Kier alpha value is -2.94. The Bertz CT molecular complexity index is 1190. The van der Waals surface area contributed by atoms with Crippen LogP contribution in [-0.2, 0) is 4.79 Å². The average molecular weight is 408 g/mol. The van der Waals surface area contributed by atoms with Gasteiger partial charge in [0, 0.05) is 11.5 Å². The monoisotopic (exact) mass is 407 g/mol. The highest BCUT2D eigenvalue weighted by Crippen LogP contribution is 2.31. The minimum absolute atomic E-state index is 0.0882. The van der Waals surface area contributed by atoms with Crippen LogP contribution in [0.2, 0.25) is 0 Å². The second-order valence-corrected chi connectivity index (χ2v) is 8.18. The van der Waals surface area contributed by atoms with Crippen LogP contribution in [-0.4, -0.2) is 41.0 Å². The average Bonchev–Trinajstić information content (AvgIpc) is 3.46. The van der Waals surface area contributed by atoms with Crippen LogP contribution < -0.4 is 5.32 Å². The number of aryl methyl sites for hydroxylation is 1. The number of hydrogen-bond donors (Lipinski definition) is 1. The maximum atomic E-state index is 12.6. The molecule has 1 fully saturated rings. The van der Waals surface area contributed by atoms with E-state index in [9.17, 15) is 4.79 Å². The first kappa shape index (κ1) is 18.1. The molecule has 1 N–H and O–H groups in total. The highest BCUT2D eigenvalue weighted by atomic mass is 32.2. The highest BCUT2D eigenvalue weighted by molar-refractivity contribution is 7.99. The quantitative estimate of drug-likeness (QED) is 0.401. The molecule has 29 heavy (non-hydrogen) atoms. The predicted octanol–water partition coefficient (Wildman–Crippen LogP) is 3.63. The number of aromatic nitrogens is 6. The molecule has 8 nitrogen and oxygen atoms in total. The van der Waals surface area contributed by atoms with E-state index in [1.165, 1.54) is 24.6 Å². The Morgan fingerprint density at radius 2 is 2.03 bits per heavy atom. The molecule has 4 aromatic rings. The van der Waals surface area contributed by atoms with Crippen molar-refractivity contribution in [3.63, 3.8) is 0 Å². The maximum Gasteiger partial charge on any atom is 0.235 e. The van der Waals surface area contributed by atoms with Crippen LogP contribution in [0.15, 0.2) is 41.7 Å². The van der Waals surface area contributed by atoms with Gasteiger partial charge >= 0.3 is 0 Å². The van der Waals surface area contributed by atoms with Crippen LogP contribution in [0.4, 0.5) is 5.82 Å². The summed E-state index contributed by atoms with van der Waals surface area (Å²) in [5.74, 6) is 1.58. The molecule has 1 aliphatic carbocycles. The van der Waals surface area contributed by atoms with E-state index in [0.29, 0.717) is 17.0 Å². The highest BCUT2D eigenvalue weighted by Gasteiger charge is 2.21. The van der Waals surface area contributed by atoms with Gasteiger partial charge in [-0.15, -0.1) is 5.10 Å². The first-order valence-corrected chi connectivity index (χ1v) is 10.8. The molecule has 0 atom stereocenters. The molecule has 0 saturated heterocycles. The number of carbonyl (C=O) groups is 1. The van der Waals surface area contributed by atoms with Crippen LogP contribution in [0.1, 0.15) is 37.5 Å². The standard InChI is InChI=1S/C20H21N7OS/c1-13-22-19-15-8-4-5-9-16(15)23-20(27(19)25-13)29-12-18(28)24-17-10-11-21-26(17)14-6-2-3-7-14/h4-5,8-11,14H,2-3,6-7,12H2,1H3,(H,24,28). The van der Waals surface area contributed by atoms with Crippen molar-refractivity contribution in [2.75, 3.05) is 11.1 Å². The van der Waals surface area contributed by atoms with E-state index in [-0.39, 0.29) is 11.7 Å². The van der Waals surface area contributed by atoms with Crippen LogP contribution >= 0.6 is 11.8 Å². The predicted molar refractivity (Wildman–Crippen MR) is 112 cm³/mol. The van der Waals surface area contributed by atoms with Crippen molar-refractivity contribution < 1.29 is 4.79 Å². The summed E-state index contributed by atoms with van der Waals surface area (Å²) in [6.45, 7) is 1.85. The number of rotatable bonds is 5. The molecule has 0 unspecified atom stereocenters. The van der Waals surface area contributed by atoms with Crippen molar-refractivity contribution >= 4 is 40.0 Å². The van der Waals surface area contributed by atoms with Crippen LogP contribution in [0.5, 0.6) is 0 Å². The third-order valence-electron chi connectivity index (χ3n) is 5.20. The minimum Gasteiger partial charge on any atom is -0.310 e. The first-order chi connectivity index (χ1) is 14.2. The lowest BCUT2D eigenvalue weighted by atomic mass is 10.2. The third-order valence-corrected chi connectivity index (χ3v) is 6.12. The first-order valence-electron chi connectivity index (χ1n) is 9.77. The van der Waals surface area contributed by atoms with Crippen LogP contribution in [0.3, 0.4) is 0 Å². The number of fused-ring (bicyclic) bond motifs is 3. The number of nitrogens with one attached hydrogen (secondary N) is 1. The molecule has 148 valence electrons. The van der Waals surface area contributed by atoms with Gasteiger partial charge in [-0.1, -0.05) is 36.7 Å². The third kappa shape index (κ3) is 3.46. The summed E-state index contributed by atoms with van der Waals surface area (Å²) in [6, 6.07) is 10.1. The van der Waals surface area contributed by atoms with E-state index in [2.05, 4.69) is 20.5 Å². The Kier molecular flexibility index (Phi) is 4.67. The van der Waals surface area contributed by atoms with Gasteiger partial charge in [0.15, 0.2) is 10.8 Å². The molecule has 0 radical (unpaired) electrons. The van der Waals surface area contributed by atoms with Gasteiger partial charge in [-0.2, -0.15) is 9.61 Å².